The SMILES string of the molecule is CC(C)CNc1cc(C(F)(F)F)cc(C(F)(F)F)c1. The summed E-state index contributed by atoms with van der Waals surface area (Å²) in [6.45, 7) is 3.88. The van der Waals surface area contributed by atoms with E-state index in [0.717, 1.165) is 0 Å². The number of nitrogens with one attached hydrogen (secondary N) is 1. The molecule has 0 fully saturated rings. The summed E-state index contributed by atoms with van der Waals surface area (Å²) in [5.74, 6) is 0.101. The van der Waals surface area contributed by atoms with Crippen LogP contribution in [0.1, 0.15) is 25.0 Å². The van der Waals surface area contributed by atoms with Gasteiger partial charge in [0.1, 0.15) is 0 Å². The number of hydrogen-bond donors (Lipinski definition) is 1. The van der Waals surface area contributed by atoms with Crippen LogP contribution in [-0.2, 0) is 12.4 Å². The molecule has 0 spiro atoms. The van der Waals surface area contributed by atoms with Crippen LogP contribution in [0.25, 0.3) is 0 Å². The Hall–Kier alpha value is -1.40. The number of halogens is 6. The van der Waals surface area contributed by atoms with Crippen LogP contribution in [0.2, 0.25) is 0 Å². The quantitative estimate of drug-likeness (QED) is 0.787. The Morgan fingerprint density at radius 3 is 1.63 bits per heavy atom. The molecule has 0 atom stereocenters. The van der Waals surface area contributed by atoms with Gasteiger partial charge in [-0.25, -0.2) is 0 Å². The molecular formula is C12H13F6N. The second-order valence-electron chi connectivity index (χ2n) is 4.57. The molecule has 0 heterocycles. The van der Waals surface area contributed by atoms with Crippen molar-refractivity contribution < 1.29 is 26.3 Å². The van der Waals surface area contributed by atoms with Gasteiger partial charge in [0.2, 0.25) is 0 Å². The summed E-state index contributed by atoms with van der Waals surface area (Å²) >= 11 is 0. The highest BCUT2D eigenvalue weighted by Crippen LogP contribution is 2.37. The average Bonchev–Trinajstić information content (AvgIpc) is 2.23. The number of hydrogen-bond acceptors (Lipinski definition) is 1. The lowest BCUT2D eigenvalue weighted by Gasteiger charge is -2.16. The summed E-state index contributed by atoms with van der Waals surface area (Å²) in [5.41, 5.74) is -2.81. The minimum Gasteiger partial charge on any atom is -0.385 e. The first-order valence-corrected chi connectivity index (χ1v) is 5.53. The maximum absolute atomic E-state index is 12.5. The Balaban J connectivity index is 3.17. The van der Waals surface area contributed by atoms with Crippen molar-refractivity contribution in [3.63, 3.8) is 0 Å². The van der Waals surface area contributed by atoms with E-state index < -0.39 is 23.5 Å². The highest BCUT2D eigenvalue weighted by atomic mass is 19.4. The van der Waals surface area contributed by atoms with E-state index in [-0.39, 0.29) is 17.7 Å². The molecule has 0 aliphatic carbocycles. The molecule has 1 nitrogen and oxygen atoms in total. The van der Waals surface area contributed by atoms with Gasteiger partial charge in [-0.15, -0.1) is 0 Å². The van der Waals surface area contributed by atoms with Gasteiger partial charge in [0.25, 0.3) is 0 Å². The summed E-state index contributed by atoms with van der Waals surface area (Å²) in [4.78, 5) is 0. The van der Waals surface area contributed by atoms with Crippen molar-refractivity contribution in [3.8, 4) is 0 Å². The first kappa shape index (κ1) is 15.7. The second kappa shape index (κ2) is 5.30. The number of anilines is 1. The van der Waals surface area contributed by atoms with Crippen molar-refractivity contribution in [2.45, 2.75) is 26.2 Å². The predicted octanol–water partition coefficient (Wildman–Crippen LogP) is 4.79. The second-order valence-corrected chi connectivity index (χ2v) is 4.57. The van der Waals surface area contributed by atoms with Crippen LogP contribution in [0.3, 0.4) is 0 Å². The summed E-state index contributed by atoms with van der Waals surface area (Å²) in [7, 11) is 0. The molecule has 0 unspecified atom stereocenters. The largest absolute Gasteiger partial charge is 0.416 e. The predicted molar refractivity (Wildman–Crippen MR) is 59.8 cm³/mol. The molecule has 0 aromatic heterocycles. The molecule has 108 valence electrons. The number of rotatable bonds is 3. The van der Waals surface area contributed by atoms with Crippen LogP contribution < -0.4 is 5.32 Å². The van der Waals surface area contributed by atoms with E-state index in [0.29, 0.717) is 18.7 Å². The van der Waals surface area contributed by atoms with Gasteiger partial charge in [0.05, 0.1) is 11.1 Å². The third kappa shape index (κ3) is 4.65. The van der Waals surface area contributed by atoms with E-state index >= 15 is 0 Å². The molecule has 0 radical (unpaired) electrons. The van der Waals surface area contributed by atoms with Crippen LogP contribution in [-0.4, -0.2) is 6.54 Å². The fourth-order valence-corrected chi connectivity index (χ4v) is 1.38. The van der Waals surface area contributed by atoms with E-state index in [1.807, 2.05) is 0 Å². The van der Waals surface area contributed by atoms with Crippen molar-refractivity contribution in [1.82, 2.24) is 0 Å². The zero-order chi connectivity index (χ0) is 14.8. The number of alkyl halides is 6. The molecule has 0 amide bonds. The van der Waals surface area contributed by atoms with Gasteiger partial charge in [-0.3, -0.25) is 0 Å². The Morgan fingerprint density at radius 1 is 0.895 bits per heavy atom. The van der Waals surface area contributed by atoms with Crippen molar-refractivity contribution in [1.29, 1.82) is 0 Å². The third-order valence-corrected chi connectivity index (χ3v) is 2.30. The molecule has 0 saturated heterocycles. The maximum Gasteiger partial charge on any atom is 0.416 e. The molecular weight excluding hydrogens is 272 g/mol. The molecule has 0 saturated carbocycles. The molecule has 1 rings (SSSR count). The van der Waals surface area contributed by atoms with Gasteiger partial charge in [-0.1, -0.05) is 13.8 Å². The van der Waals surface area contributed by atoms with Gasteiger partial charge in [0.15, 0.2) is 0 Å². The molecule has 1 aromatic carbocycles. The molecule has 1 aromatic rings. The summed E-state index contributed by atoms with van der Waals surface area (Å²) < 4.78 is 75.2. The maximum atomic E-state index is 12.5. The molecule has 0 bridgehead atoms. The fourth-order valence-electron chi connectivity index (χ4n) is 1.38. The highest BCUT2D eigenvalue weighted by molar-refractivity contribution is 5.50. The van der Waals surface area contributed by atoms with Crippen molar-refractivity contribution in [2.24, 2.45) is 5.92 Å². The molecule has 0 aliphatic heterocycles. The van der Waals surface area contributed by atoms with Gasteiger partial charge in [0, 0.05) is 12.2 Å². The minimum absolute atomic E-state index is 0.101. The van der Waals surface area contributed by atoms with Crippen molar-refractivity contribution in [3.05, 3.63) is 29.3 Å². The van der Waals surface area contributed by atoms with Crippen LogP contribution in [0, 0.1) is 5.92 Å². The molecule has 19 heavy (non-hydrogen) atoms. The lowest BCUT2D eigenvalue weighted by Crippen LogP contribution is -2.14. The Morgan fingerprint density at radius 2 is 1.32 bits per heavy atom. The lowest BCUT2D eigenvalue weighted by atomic mass is 10.1. The van der Waals surface area contributed by atoms with Gasteiger partial charge in [-0.05, 0) is 24.1 Å². The Bertz CT molecular complexity index is 401. The Labute approximate surface area is 106 Å². The van der Waals surface area contributed by atoms with E-state index in [4.69, 9.17) is 0 Å². The minimum atomic E-state index is -4.81. The van der Waals surface area contributed by atoms with Crippen molar-refractivity contribution in [2.75, 3.05) is 11.9 Å². The number of benzene rings is 1. The zero-order valence-corrected chi connectivity index (χ0v) is 10.3. The van der Waals surface area contributed by atoms with Crippen LogP contribution in [0.4, 0.5) is 32.0 Å². The smallest absolute Gasteiger partial charge is 0.385 e. The average molecular weight is 285 g/mol. The summed E-state index contributed by atoms with van der Waals surface area (Å²) in [5, 5.41) is 2.57. The third-order valence-electron chi connectivity index (χ3n) is 2.30. The van der Waals surface area contributed by atoms with Crippen molar-refractivity contribution >= 4 is 5.69 Å². The van der Waals surface area contributed by atoms with Crippen LogP contribution in [0.5, 0.6) is 0 Å². The fraction of sp³-hybridized carbons (Fsp3) is 0.500. The lowest BCUT2D eigenvalue weighted by molar-refractivity contribution is -0.143. The van der Waals surface area contributed by atoms with Crippen LogP contribution >= 0.6 is 0 Å². The van der Waals surface area contributed by atoms with E-state index in [2.05, 4.69) is 5.32 Å². The molecule has 0 aliphatic rings. The molecule has 1 N–H and O–H groups in total. The molecule has 7 heteroatoms. The monoisotopic (exact) mass is 285 g/mol. The first-order valence-electron chi connectivity index (χ1n) is 5.53. The van der Waals surface area contributed by atoms with Gasteiger partial charge < -0.3 is 5.32 Å². The van der Waals surface area contributed by atoms with Gasteiger partial charge >= 0.3 is 12.4 Å². The van der Waals surface area contributed by atoms with Gasteiger partial charge in [-0.2, -0.15) is 26.3 Å². The normalized spacial score (nSPS) is 12.9. The van der Waals surface area contributed by atoms with E-state index in [1.165, 1.54) is 0 Å². The summed E-state index contributed by atoms with van der Waals surface area (Å²) in [6, 6.07) is 1.47. The topological polar surface area (TPSA) is 12.0 Å². The zero-order valence-electron chi connectivity index (χ0n) is 10.3. The van der Waals surface area contributed by atoms with E-state index in [1.54, 1.807) is 13.8 Å². The highest BCUT2D eigenvalue weighted by Gasteiger charge is 2.36. The Kier molecular flexibility index (Phi) is 4.37. The summed E-state index contributed by atoms with van der Waals surface area (Å²) in [6.07, 6.45) is -9.62. The van der Waals surface area contributed by atoms with E-state index in [9.17, 15) is 26.3 Å². The van der Waals surface area contributed by atoms with Crippen LogP contribution in [0.15, 0.2) is 18.2 Å². The first-order chi connectivity index (χ1) is 8.50. The standard InChI is InChI=1S/C12H13F6N/c1-7(2)6-19-10-4-8(11(13,14)15)3-9(5-10)12(16,17)18/h3-5,7,19H,6H2,1-2H3.